The fourth-order valence-corrected chi connectivity index (χ4v) is 5.44. The van der Waals surface area contributed by atoms with Gasteiger partial charge in [-0.1, -0.05) is 12.8 Å². The molecule has 6 heteroatoms. The molecule has 4 rings (SSSR count). The molecule has 1 atom stereocenters. The van der Waals surface area contributed by atoms with Crippen LogP contribution in [0.25, 0.3) is 0 Å². The van der Waals surface area contributed by atoms with E-state index in [1.165, 1.54) is 12.8 Å². The van der Waals surface area contributed by atoms with Crippen molar-refractivity contribution in [2.24, 2.45) is 11.8 Å². The molecule has 1 aliphatic carbocycles. The summed E-state index contributed by atoms with van der Waals surface area (Å²) >= 11 is 0. The molecule has 3 amide bonds. The Labute approximate surface area is 162 Å². The van der Waals surface area contributed by atoms with Crippen molar-refractivity contribution >= 4 is 17.7 Å². The molecule has 3 aliphatic heterocycles. The van der Waals surface area contributed by atoms with Crippen molar-refractivity contribution in [2.75, 3.05) is 32.7 Å². The number of hydrogen-bond donors (Lipinski definition) is 0. The molecule has 150 valence electrons. The zero-order valence-corrected chi connectivity index (χ0v) is 16.4. The molecule has 4 fully saturated rings. The molecule has 3 saturated heterocycles. The molecule has 27 heavy (non-hydrogen) atoms. The Morgan fingerprint density at radius 2 is 1.59 bits per heavy atom. The van der Waals surface area contributed by atoms with Crippen LogP contribution in [0.15, 0.2) is 0 Å². The van der Waals surface area contributed by atoms with Gasteiger partial charge >= 0.3 is 0 Å². The molecular formula is C21H33N3O3. The minimum Gasteiger partial charge on any atom is -0.342 e. The van der Waals surface area contributed by atoms with Crippen molar-refractivity contribution in [2.45, 2.75) is 70.3 Å². The van der Waals surface area contributed by atoms with Crippen molar-refractivity contribution in [3.05, 3.63) is 0 Å². The second-order valence-electron chi connectivity index (χ2n) is 8.93. The van der Waals surface area contributed by atoms with Crippen LogP contribution >= 0.6 is 0 Å². The summed E-state index contributed by atoms with van der Waals surface area (Å²) in [7, 11) is 0. The lowest BCUT2D eigenvalue weighted by Crippen LogP contribution is -2.51. The second-order valence-corrected chi connectivity index (χ2v) is 8.93. The van der Waals surface area contributed by atoms with E-state index < -0.39 is 0 Å². The Morgan fingerprint density at radius 3 is 2.26 bits per heavy atom. The normalized spacial score (nSPS) is 28.4. The number of nitrogens with zero attached hydrogens (tertiary/aromatic N) is 3. The SMILES string of the molecule is O=C1CCCN1CC1CCN(C(=O)[C@@H]2CCC(=O)N(C3CCCC3)C2)CC1. The molecular weight excluding hydrogens is 342 g/mol. The number of likely N-dealkylation sites (tertiary alicyclic amines) is 3. The largest absolute Gasteiger partial charge is 0.342 e. The first-order chi connectivity index (χ1) is 13.1. The summed E-state index contributed by atoms with van der Waals surface area (Å²) in [6.45, 7) is 4.02. The quantitative estimate of drug-likeness (QED) is 0.755. The number of piperidine rings is 2. The van der Waals surface area contributed by atoms with Gasteiger partial charge in [-0.2, -0.15) is 0 Å². The highest BCUT2D eigenvalue weighted by Gasteiger charge is 2.37. The van der Waals surface area contributed by atoms with E-state index in [0.29, 0.717) is 43.7 Å². The van der Waals surface area contributed by atoms with Gasteiger partial charge in [-0.25, -0.2) is 0 Å². The van der Waals surface area contributed by atoms with Crippen LogP contribution in [0.1, 0.15) is 64.2 Å². The lowest BCUT2D eigenvalue weighted by atomic mass is 9.91. The van der Waals surface area contributed by atoms with E-state index in [4.69, 9.17) is 0 Å². The Hall–Kier alpha value is -1.59. The standard InChI is InChI=1S/C21H33N3O3/c25-19-6-3-11-23(19)14-16-9-12-22(13-10-16)21(27)17-7-8-20(26)24(15-17)18-4-1-2-5-18/h16-18H,1-15H2/t17-/m1/s1. The predicted octanol–water partition coefficient (Wildman–Crippen LogP) is 2.03. The predicted molar refractivity (Wildman–Crippen MR) is 102 cm³/mol. The molecule has 0 aromatic rings. The lowest BCUT2D eigenvalue weighted by molar-refractivity contribution is -0.146. The summed E-state index contributed by atoms with van der Waals surface area (Å²) in [6.07, 6.45) is 9.55. The third kappa shape index (κ3) is 4.14. The van der Waals surface area contributed by atoms with Crippen molar-refractivity contribution in [1.29, 1.82) is 0 Å². The summed E-state index contributed by atoms with van der Waals surface area (Å²) in [6, 6.07) is 0.372. The lowest BCUT2D eigenvalue weighted by Gasteiger charge is -2.40. The molecule has 4 aliphatic rings. The molecule has 1 saturated carbocycles. The molecule has 3 heterocycles. The van der Waals surface area contributed by atoms with Crippen LogP contribution in [0.4, 0.5) is 0 Å². The molecule has 0 spiro atoms. The summed E-state index contributed by atoms with van der Waals surface area (Å²) in [5.41, 5.74) is 0. The van der Waals surface area contributed by atoms with Gasteiger partial charge in [0, 0.05) is 51.6 Å². The second kappa shape index (κ2) is 8.19. The van der Waals surface area contributed by atoms with Crippen LogP contribution in [0, 0.1) is 11.8 Å². The maximum atomic E-state index is 13.0. The van der Waals surface area contributed by atoms with Gasteiger partial charge < -0.3 is 14.7 Å². The van der Waals surface area contributed by atoms with Crippen LogP contribution < -0.4 is 0 Å². The van der Waals surface area contributed by atoms with Crippen molar-refractivity contribution in [1.82, 2.24) is 14.7 Å². The first-order valence-electron chi connectivity index (χ1n) is 11.0. The van der Waals surface area contributed by atoms with E-state index >= 15 is 0 Å². The van der Waals surface area contributed by atoms with E-state index in [1.807, 2.05) is 14.7 Å². The van der Waals surface area contributed by atoms with Crippen LogP contribution in [-0.2, 0) is 14.4 Å². The van der Waals surface area contributed by atoms with Gasteiger partial charge in [-0.15, -0.1) is 0 Å². The van der Waals surface area contributed by atoms with E-state index in [1.54, 1.807) is 0 Å². The number of carbonyl (C=O) groups is 3. The highest BCUT2D eigenvalue weighted by Crippen LogP contribution is 2.30. The number of rotatable bonds is 4. The zero-order valence-electron chi connectivity index (χ0n) is 16.4. The maximum absolute atomic E-state index is 13.0. The van der Waals surface area contributed by atoms with E-state index in [0.717, 1.165) is 58.3 Å². The third-order valence-electron chi connectivity index (χ3n) is 7.13. The van der Waals surface area contributed by atoms with Crippen LogP contribution in [0.5, 0.6) is 0 Å². The molecule has 0 bridgehead atoms. The minimum absolute atomic E-state index is 0.0139. The van der Waals surface area contributed by atoms with Gasteiger partial charge in [0.2, 0.25) is 17.7 Å². The highest BCUT2D eigenvalue weighted by molar-refractivity contribution is 5.84. The summed E-state index contributed by atoms with van der Waals surface area (Å²) in [5.74, 6) is 1.31. The first-order valence-corrected chi connectivity index (χ1v) is 11.0. The molecule has 0 aromatic heterocycles. The van der Waals surface area contributed by atoms with Crippen LogP contribution in [0.2, 0.25) is 0 Å². The Morgan fingerprint density at radius 1 is 0.852 bits per heavy atom. The Bertz CT molecular complexity index is 579. The molecule has 0 radical (unpaired) electrons. The van der Waals surface area contributed by atoms with Crippen molar-refractivity contribution in [3.63, 3.8) is 0 Å². The fourth-order valence-electron chi connectivity index (χ4n) is 5.44. The van der Waals surface area contributed by atoms with Crippen LogP contribution in [-0.4, -0.2) is 71.2 Å². The monoisotopic (exact) mass is 375 g/mol. The average molecular weight is 376 g/mol. The third-order valence-corrected chi connectivity index (χ3v) is 7.13. The first kappa shape index (κ1) is 18.8. The number of amides is 3. The smallest absolute Gasteiger partial charge is 0.227 e. The van der Waals surface area contributed by atoms with Gasteiger partial charge in [-0.05, 0) is 44.4 Å². The molecule has 0 unspecified atom stereocenters. The molecule has 0 aromatic carbocycles. The summed E-state index contributed by atoms with van der Waals surface area (Å²) < 4.78 is 0. The minimum atomic E-state index is -0.0139. The summed E-state index contributed by atoms with van der Waals surface area (Å²) in [5, 5.41) is 0. The number of hydrogen-bond acceptors (Lipinski definition) is 3. The van der Waals surface area contributed by atoms with Gasteiger partial charge in [0.25, 0.3) is 0 Å². The maximum Gasteiger partial charge on any atom is 0.227 e. The Balaban J connectivity index is 1.27. The van der Waals surface area contributed by atoms with E-state index in [2.05, 4.69) is 0 Å². The highest BCUT2D eigenvalue weighted by atomic mass is 16.2. The Kier molecular flexibility index (Phi) is 5.69. The van der Waals surface area contributed by atoms with E-state index in [-0.39, 0.29) is 17.7 Å². The van der Waals surface area contributed by atoms with Gasteiger partial charge in [0.1, 0.15) is 0 Å². The summed E-state index contributed by atoms with van der Waals surface area (Å²) in [4.78, 5) is 43.2. The van der Waals surface area contributed by atoms with E-state index in [9.17, 15) is 14.4 Å². The molecule has 0 N–H and O–H groups in total. The van der Waals surface area contributed by atoms with Gasteiger partial charge in [0.15, 0.2) is 0 Å². The van der Waals surface area contributed by atoms with Crippen LogP contribution in [0.3, 0.4) is 0 Å². The fraction of sp³-hybridized carbons (Fsp3) is 0.857. The average Bonchev–Trinajstić information content (AvgIpc) is 3.35. The topological polar surface area (TPSA) is 60.9 Å². The number of carbonyl (C=O) groups excluding carboxylic acids is 3. The van der Waals surface area contributed by atoms with Gasteiger partial charge in [-0.3, -0.25) is 14.4 Å². The van der Waals surface area contributed by atoms with Gasteiger partial charge in [0.05, 0.1) is 5.92 Å². The zero-order chi connectivity index (χ0) is 18.8. The van der Waals surface area contributed by atoms with Crippen molar-refractivity contribution < 1.29 is 14.4 Å². The molecule has 6 nitrogen and oxygen atoms in total. The van der Waals surface area contributed by atoms with Crippen molar-refractivity contribution in [3.8, 4) is 0 Å².